The van der Waals surface area contributed by atoms with Crippen molar-refractivity contribution in [3.63, 3.8) is 0 Å². The summed E-state index contributed by atoms with van der Waals surface area (Å²) in [5, 5.41) is 13.8. The van der Waals surface area contributed by atoms with E-state index in [4.69, 9.17) is 0 Å². The Morgan fingerprint density at radius 3 is 1.87 bits per heavy atom. The first-order valence-corrected chi connectivity index (χ1v) is 14.4. The quantitative estimate of drug-likeness (QED) is 0.119. The van der Waals surface area contributed by atoms with Gasteiger partial charge in [-0.3, -0.25) is 9.59 Å². The zero-order valence-corrected chi connectivity index (χ0v) is 22.7. The molecule has 0 fully saturated rings. The molecule has 0 aromatic heterocycles. The molecular formula is C35H38N2O2. The van der Waals surface area contributed by atoms with Gasteiger partial charge < -0.3 is 10.6 Å². The van der Waals surface area contributed by atoms with Crippen LogP contribution in [-0.2, 0) is 22.4 Å². The Morgan fingerprint density at radius 1 is 0.513 bits per heavy atom. The van der Waals surface area contributed by atoms with Gasteiger partial charge in [-0.05, 0) is 88.4 Å². The lowest BCUT2D eigenvalue weighted by atomic mass is 9.90. The highest BCUT2D eigenvalue weighted by atomic mass is 16.2. The van der Waals surface area contributed by atoms with Crippen LogP contribution in [0.1, 0.15) is 56.1 Å². The van der Waals surface area contributed by atoms with E-state index in [1.165, 1.54) is 43.4 Å². The number of hydrogen-bond acceptors (Lipinski definition) is 2. The highest BCUT2D eigenvalue weighted by molar-refractivity contribution is 6.23. The van der Waals surface area contributed by atoms with Crippen LogP contribution in [0.3, 0.4) is 0 Å². The van der Waals surface area contributed by atoms with Crippen molar-refractivity contribution >= 4 is 44.1 Å². The van der Waals surface area contributed by atoms with Crippen LogP contribution < -0.4 is 10.6 Å². The van der Waals surface area contributed by atoms with Crippen molar-refractivity contribution in [2.24, 2.45) is 0 Å². The Kier molecular flexibility index (Phi) is 9.05. The molecule has 5 aromatic rings. The van der Waals surface area contributed by atoms with E-state index in [9.17, 15) is 9.59 Å². The summed E-state index contributed by atoms with van der Waals surface area (Å²) in [6.45, 7) is 1.36. The molecular weight excluding hydrogens is 480 g/mol. The molecule has 0 saturated carbocycles. The lowest BCUT2D eigenvalue weighted by Crippen LogP contribution is -2.26. The van der Waals surface area contributed by atoms with Gasteiger partial charge in [0.05, 0.1) is 0 Å². The number of hydrogen-bond donors (Lipinski definition) is 2. The molecule has 200 valence electrons. The fourth-order valence-electron chi connectivity index (χ4n) is 5.59. The van der Waals surface area contributed by atoms with Gasteiger partial charge in [0.2, 0.25) is 11.8 Å². The number of nitrogens with one attached hydrogen (secondary N) is 2. The van der Waals surface area contributed by atoms with Gasteiger partial charge in [0.1, 0.15) is 0 Å². The molecule has 2 amide bonds. The van der Waals surface area contributed by atoms with Crippen molar-refractivity contribution in [2.75, 3.05) is 13.1 Å². The summed E-state index contributed by atoms with van der Waals surface area (Å²) in [6.07, 6.45) is 7.47. The van der Waals surface area contributed by atoms with Crippen molar-refractivity contribution < 1.29 is 9.59 Å². The van der Waals surface area contributed by atoms with Gasteiger partial charge in [0, 0.05) is 25.9 Å². The molecule has 0 aliphatic rings. The average molecular weight is 519 g/mol. The number of carbonyl (C=O) groups is 2. The number of unbranched alkanes of at least 4 members (excludes halogenated alkanes) is 2. The number of rotatable bonds is 14. The largest absolute Gasteiger partial charge is 0.356 e. The Bertz CT molecular complexity index is 1510. The molecule has 4 nitrogen and oxygen atoms in total. The smallest absolute Gasteiger partial charge is 0.220 e. The molecule has 0 radical (unpaired) electrons. The second-order valence-corrected chi connectivity index (χ2v) is 10.5. The van der Waals surface area contributed by atoms with E-state index in [-0.39, 0.29) is 11.8 Å². The molecule has 0 unspecified atom stereocenters. The van der Waals surface area contributed by atoms with E-state index in [2.05, 4.69) is 89.5 Å². The SMILES string of the molecule is O=C(CCCCNC(=O)CCCc1ccc2ccc3cccc4ccc1c2c34)NCCCCc1ccccc1. The standard InChI is InChI=1S/C35H38N2O2/c38-32(36-24-6-4-12-26-10-2-1-3-11-26)16-5-7-25-37-33(39)17-9-13-27-18-19-30-21-20-28-14-8-15-29-22-23-31(27)35(30)34(28)29/h1-3,8,10-11,14-15,18-23H,4-7,9,12-13,16-17,24-25H2,(H,36,38)(H,37,39). The number of aryl methyl sites for hydroxylation is 2. The normalized spacial score (nSPS) is 11.4. The lowest BCUT2D eigenvalue weighted by Gasteiger charge is -2.14. The van der Waals surface area contributed by atoms with E-state index in [1.54, 1.807) is 0 Å². The van der Waals surface area contributed by atoms with Crippen LogP contribution in [0.4, 0.5) is 0 Å². The number of amides is 2. The predicted octanol–water partition coefficient (Wildman–Crippen LogP) is 7.33. The highest BCUT2D eigenvalue weighted by Gasteiger charge is 2.11. The second-order valence-electron chi connectivity index (χ2n) is 10.5. The van der Waals surface area contributed by atoms with Crippen LogP contribution in [0.25, 0.3) is 32.3 Å². The van der Waals surface area contributed by atoms with Crippen molar-refractivity contribution in [1.82, 2.24) is 10.6 Å². The van der Waals surface area contributed by atoms with E-state index >= 15 is 0 Å². The third-order valence-corrected chi connectivity index (χ3v) is 7.68. The zero-order valence-electron chi connectivity index (χ0n) is 22.7. The van der Waals surface area contributed by atoms with Crippen molar-refractivity contribution in [3.8, 4) is 0 Å². The van der Waals surface area contributed by atoms with Crippen molar-refractivity contribution in [3.05, 3.63) is 96.1 Å². The summed E-state index contributed by atoms with van der Waals surface area (Å²) in [7, 11) is 0. The van der Waals surface area contributed by atoms with Gasteiger partial charge in [-0.2, -0.15) is 0 Å². The summed E-state index contributed by atoms with van der Waals surface area (Å²) < 4.78 is 0. The molecule has 5 aromatic carbocycles. The Balaban J connectivity index is 0.968. The minimum atomic E-state index is 0.0931. The molecule has 39 heavy (non-hydrogen) atoms. The van der Waals surface area contributed by atoms with Gasteiger partial charge in [-0.1, -0.05) is 84.9 Å². The summed E-state index contributed by atoms with van der Waals surface area (Å²) >= 11 is 0. The summed E-state index contributed by atoms with van der Waals surface area (Å²) in [4.78, 5) is 24.4. The maximum atomic E-state index is 12.4. The molecule has 2 N–H and O–H groups in total. The summed E-state index contributed by atoms with van der Waals surface area (Å²) in [6, 6.07) is 30.2. The van der Waals surface area contributed by atoms with Crippen molar-refractivity contribution in [2.45, 2.75) is 57.8 Å². The Hall–Kier alpha value is -3.92. The predicted molar refractivity (Wildman–Crippen MR) is 162 cm³/mol. The highest BCUT2D eigenvalue weighted by Crippen LogP contribution is 2.36. The van der Waals surface area contributed by atoms with Gasteiger partial charge in [0.25, 0.3) is 0 Å². The first-order valence-electron chi connectivity index (χ1n) is 14.4. The minimum Gasteiger partial charge on any atom is -0.356 e. The number of benzene rings is 5. The maximum Gasteiger partial charge on any atom is 0.220 e. The molecule has 4 heteroatoms. The fourth-order valence-corrected chi connectivity index (χ4v) is 5.59. The van der Waals surface area contributed by atoms with E-state index < -0.39 is 0 Å². The van der Waals surface area contributed by atoms with E-state index in [0.29, 0.717) is 19.4 Å². The molecule has 5 rings (SSSR count). The second kappa shape index (κ2) is 13.2. The van der Waals surface area contributed by atoms with E-state index in [1.807, 2.05) is 6.07 Å². The monoisotopic (exact) mass is 518 g/mol. The molecule has 0 bridgehead atoms. The van der Waals surface area contributed by atoms with Gasteiger partial charge in [-0.15, -0.1) is 0 Å². The molecule has 0 aliphatic heterocycles. The molecule has 0 atom stereocenters. The minimum absolute atomic E-state index is 0.0931. The van der Waals surface area contributed by atoms with Crippen LogP contribution in [0.15, 0.2) is 84.9 Å². The summed E-state index contributed by atoms with van der Waals surface area (Å²) in [5.74, 6) is 0.199. The van der Waals surface area contributed by atoms with Gasteiger partial charge >= 0.3 is 0 Å². The van der Waals surface area contributed by atoms with Gasteiger partial charge in [0.15, 0.2) is 0 Å². The number of carbonyl (C=O) groups excluding carboxylic acids is 2. The van der Waals surface area contributed by atoms with E-state index in [0.717, 1.165) is 51.5 Å². The third-order valence-electron chi connectivity index (χ3n) is 7.68. The van der Waals surface area contributed by atoms with Crippen molar-refractivity contribution in [1.29, 1.82) is 0 Å². The molecule has 0 aliphatic carbocycles. The Morgan fingerprint density at radius 2 is 1.13 bits per heavy atom. The average Bonchev–Trinajstić information content (AvgIpc) is 2.96. The van der Waals surface area contributed by atoms with Crippen LogP contribution in [0, 0.1) is 0 Å². The summed E-state index contributed by atoms with van der Waals surface area (Å²) in [5.41, 5.74) is 2.65. The lowest BCUT2D eigenvalue weighted by molar-refractivity contribution is -0.121. The first kappa shape index (κ1) is 26.7. The zero-order chi connectivity index (χ0) is 26.9. The topological polar surface area (TPSA) is 58.2 Å². The van der Waals surface area contributed by atoms with Crippen LogP contribution in [-0.4, -0.2) is 24.9 Å². The molecule has 0 heterocycles. The fraction of sp³-hybridized carbons (Fsp3) is 0.314. The van der Waals surface area contributed by atoms with Crippen LogP contribution in [0.5, 0.6) is 0 Å². The molecule has 0 saturated heterocycles. The third kappa shape index (κ3) is 6.94. The van der Waals surface area contributed by atoms with Crippen LogP contribution in [0.2, 0.25) is 0 Å². The maximum absolute atomic E-state index is 12.4. The van der Waals surface area contributed by atoms with Crippen LogP contribution >= 0.6 is 0 Å². The Labute approximate surface area is 231 Å². The molecule has 0 spiro atoms. The van der Waals surface area contributed by atoms with Gasteiger partial charge in [-0.25, -0.2) is 0 Å². The first-order chi connectivity index (χ1) is 19.2.